The first-order valence-electron chi connectivity index (χ1n) is 6.16. The molecule has 1 atom stereocenters. The lowest BCUT2D eigenvalue weighted by atomic mass is 10.4. The van der Waals surface area contributed by atoms with Crippen molar-refractivity contribution in [3.05, 3.63) is 59.6 Å². The number of benzene rings is 2. The summed E-state index contributed by atoms with van der Waals surface area (Å²) in [5.41, 5.74) is 0. The number of halogens is 1. The third kappa shape index (κ3) is 3.32. The molecule has 2 rings (SSSR count). The molecule has 0 aliphatic carbocycles. The molecule has 4 heteroatoms. The van der Waals surface area contributed by atoms with Crippen molar-refractivity contribution in [2.75, 3.05) is 6.61 Å². The molecule has 0 spiro atoms. The maximum Gasteiger partial charge on any atom is 0.261 e. The Labute approximate surface area is 124 Å². The number of hydrogen-bond acceptors (Lipinski definition) is 2. The minimum absolute atomic E-state index is 0.255. The predicted octanol–water partition coefficient (Wildman–Crippen LogP) is 3.61. The predicted molar refractivity (Wildman–Crippen MR) is 84.2 cm³/mol. The van der Waals surface area contributed by atoms with Crippen LogP contribution in [0.4, 0.5) is 0 Å². The maximum absolute atomic E-state index is 13.3. The Morgan fingerprint density at radius 3 is 2.25 bits per heavy atom. The topological polar surface area (TPSA) is 26.3 Å². The molecule has 0 heterocycles. The van der Waals surface area contributed by atoms with E-state index < -0.39 is 7.37 Å². The van der Waals surface area contributed by atoms with E-state index >= 15 is 0 Å². The van der Waals surface area contributed by atoms with Gasteiger partial charge in [-0.05, 0) is 36.4 Å². The van der Waals surface area contributed by atoms with Gasteiger partial charge in [0.1, 0.15) is 0 Å². The normalized spacial score (nSPS) is 13.4. The summed E-state index contributed by atoms with van der Waals surface area (Å²) in [7, 11) is -3.13. The first kappa shape index (κ1) is 14.9. The van der Waals surface area contributed by atoms with Gasteiger partial charge in [-0.15, -0.1) is 12.3 Å². The fourth-order valence-corrected chi connectivity index (χ4v) is 3.97. The fraction of sp³-hybridized carbons (Fsp3) is 0.125. The van der Waals surface area contributed by atoms with E-state index in [0.29, 0.717) is 22.1 Å². The van der Waals surface area contributed by atoms with Gasteiger partial charge in [-0.1, -0.05) is 29.8 Å². The van der Waals surface area contributed by atoms with Crippen LogP contribution in [-0.2, 0) is 9.09 Å². The molecule has 0 aliphatic rings. The minimum Gasteiger partial charge on any atom is -0.321 e. The van der Waals surface area contributed by atoms with Crippen molar-refractivity contribution >= 4 is 29.6 Å². The summed E-state index contributed by atoms with van der Waals surface area (Å²) in [6.45, 7) is 0.255. The zero-order chi connectivity index (χ0) is 14.4. The second-order valence-corrected chi connectivity index (χ2v) is 6.98. The van der Waals surface area contributed by atoms with Crippen LogP contribution in [0.2, 0.25) is 5.02 Å². The number of hydrogen-bond donors (Lipinski definition) is 0. The van der Waals surface area contributed by atoms with E-state index in [1.165, 1.54) is 0 Å². The SMILES string of the molecule is C#CCCOP(=O)(c1ccccc1)c1ccc(Cl)cc1. The lowest BCUT2D eigenvalue weighted by Crippen LogP contribution is -2.18. The Balaban J connectivity index is 2.41. The molecule has 20 heavy (non-hydrogen) atoms. The number of rotatable bonds is 5. The van der Waals surface area contributed by atoms with Crippen LogP contribution < -0.4 is 10.6 Å². The smallest absolute Gasteiger partial charge is 0.261 e. The van der Waals surface area contributed by atoms with Gasteiger partial charge in [0.2, 0.25) is 0 Å². The van der Waals surface area contributed by atoms with Crippen LogP contribution in [0.1, 0.15) is 6.42 Å². The van der Waals surface area contributed by atoms with Crippen molar-refractivity contribution in [1.82, 2.24) is 0 Å². The fourth-order valence-electron chi connectivity index (χ4n) is 1.79. The summed E-state index contributed by atoms with van der Waals surface area (Å²) in [6, 6.07) is 16.0. The molecule has 0 N–H and O–H groups in total. The summed E-state index contributed by atoms with van der Waals surface area (Å²) < 4.78 is 18.9. The summed E-state index contributed by atoms with van der Waals surface area (Å²) >= 11 is 5.88. The van der Waals surface area contributed by atoms with Gasteiger partial charge in [0.05, 0.1) is 6.61 Å². The van der Waals surface area contributed by atoms with Gasteiger partial charge in [0.15, 0.2) is 0 Å². The van der Waals surface area contributed by atoms with Crippen LogP contribution in [0.15, 0.2) is 54.6 Å². The average molecular weight is 305 g/mol. The lowest BCUT2D eigenvalue weighted by molar-refractivity contribution is 0.336. The van der Waals surface area contributed by atoms with E-state index in [-0.39, 0.29) is 6.61 Å². The zero-order valence-electron chi connectivity index (χ0n) is 10.8. The third-order valence-corrected chi connectivity index (χ3v) is 5.54. The molecule has 0 bridgehead atoms. The van der Waals surface area contributed by atoms with E-state index in [2.05, 4.69) is 5.92 Å². The molecule has 0 saturated heterocycles. The van der Waals surface area contributed by atoms with E-state index in [1.54, 1.807) is 36.4 Å². The van der Waals surface area contributed by atoms with Gasteiger partial charge in [0.25, 0.3) is 7.37 Å². The molecule has 0 aromatic heterocycles. The Morgan fingerprint density at radius 1 is 1.05 bits per heavy atom. The van der Waals surface area contributed by atoms with Crippen molar-refractivity contribution in [2.45, 2.75) is 6.42 Å². The average Bonchev–Trinajstić information content (AvgIpc) is 2.49. The molecule has 0 fully saturated rings. The third-order valence-electron chi connectivity index (χ3n) is 2.78. The number of terminal acetylenes is 1. The molecule has 2 nitrogen and oxygen atoms in total. The van der Waals surface area contributed by atoms with Crippen molar-refractivity contribution in [3.63, 3.8) is 0 Å². The molecular weight excluding hydrogens is 291 g/mol. The van der Waals surface area contributed by atoms with Crippen LogP contribution >= 0.6 is 19.0 Å². The van der Waals surface area contributed by atoms with Crippen LogP contribution in [0.25, 0.3) is 0 Å². The highest BCUT2D eigenvalue weighted by Gasteiger charge is 2.28. The lowest BCUT2D eigenvalue weighted by Gasteiger charge is -2.19. The molecule has 0 saturated carbocycles. The van der Waals surface area contributed by atoms with Gasteiger partial charge in [0, 0.05) is 22.1 Å². The van der Waals surface area contributed by atoms with Gasteiger partial charge < -0.3 is 4.52 Å². The first-order chi connectivity index (χ1) is 9.66. The van der Waals surface area contributed by atoms with Gasteiger partial charge in [-0.3, -0.25) is 4.57 Å². The van der Waals surface area contributed by atoms with Crippen molar-refractivity contribution in [2.24, 2.45) is 0 Å². The summed E-state index contributed by atoms with van der Waals surface area (Å²) in [6.07, 6.45) is 5.64. The molecule has 2 aromatic carbocycles. The minimum atomic E-state index is -3.13. The summed E-state index contributed by atoms with van der Waals surface area (Å²) in [5.74, 6) is 2.49. The zero-order valence-corrected chi connectivity index (χ0v) is 12.5. The standard InChI is InChI=1S/C16H14ClO2P/c1-2-3-13-19-20(18,15-7-5-4-6-8-15)16-11-9-14(17)10-12-16/h1,4-12H,3,13H2. The summed E-state index contributed by atoms with van der Waals surface area (Å²) in [4.78, 5) is 0. The molecule has 0 aliphatic heterocycles. The Kier molecular flexibility index (Phi) is 5.04. The van der Waals surface area contributed by atoms with E-state index in [4.69, 9.17) is 22.5 Å². The second-order valence-electron chi connectivity index (χ2n) is 4.15. The molecular formula is C16H14ClO2P. The molecule has 102 valence electrons. The maximum atomic E-state index is 13.3. The molecule has 1 unspecified atom stereocenters. The highest BCUT2D eigenvalue weighted by Crippen LogP contribution is 2.44. The quantitative estimate of drug-likeness (QED) is 0.479. The monoisotopic (exact) mass is 304 g/mol. The van der Waals surface area contributed by atoms with E-state index in [1.807, 2.05) is 18.2 Å². The summed E-state index contributed by atoms with van der Waals surface area (Å²) in [5, 5.41) is 1.86. The Morgan fingerprint density at radius 2 is 1.65 bits per heavy atom. The largest absolute Gasteiger partial charge is 0.321 e. The second kappa shape index (κ2) is 6.77. The van der Waals surface area contributed by atoms with Crippen LogP contribution in [0.3, 0.4) is 0 Å². The Bertz CT molecular complexity index is 644. The molecule has 0 radical (unpaired) electrons. The van der Waals surface area contributed by atoms with Gasteiger partial charge in [-0.2, -0.15) is 0 Å². The highest BCUT2D eigenvalue weighted by atomic mass is 35.5. The van der Waals surface area contributed by atoms with Crippen LogP contribution in [0.5, 0.6) is 0 Å². The van der Waals surface area contributed by atoms with Crippen LogP contribution in [0, 0.1) is 12.3 Å². The van der Waals surface area contributed by atoms with E-state index in [9.17, 15) is 4.57 Å². The highest BCUT2D eigenvalue weighted by molar-refractivity contribution is 7.74. The van der Waals surface area contributed by atoms with Crippen LogP contribution in [-0.4, -0.2) is 6.61 Å². The van der Waals surface area contributed by atoms with Gasteiger partial charge in [-0.25, -0.2) is 0 Å². The van der Waals surface area contributed by atoms with E-state index in [0.717, 1.165) is 0 Å². The van der Waals surface area contributed by atoms with Gasteiger partial charge >= 0.3 is 0 Å². The molecule has 0 amide bonds. The van der Waals surface area contributed by atoms with Crippen molar-refractivity contribution in [3.8, 4) is 12.3 Å². The van der Waals surface area contributed by atoms with Crippen molar-refractivity contribution in [1.29, 1.82) is 0 Å². The molecule has 2 aromatic rings. The Hall–Kier alpha value is -1.52. The first-order valence-corrected chi connectivity index (χ1v) is 8.17. The van der Waals surface area contributed by atoms with Crippen molar-refractivity contribution < 1.29 is 9.09 Å².